The molecule has 0 bridgehead atoms. The second kappa shape index (κ2) is 11.7. The van der Waals surface area contributed by atoms with Crippen molar-refractivity contribution in [1.82, 2.24) is 9.80 Å². The fraction of sp³-hybridized carbons (Fsp3) is 0.560. The Morgan fingerprint density at radius 3 is 2.59 bits per heavy atom. The summed E-state index contributed by atoms with van der Waals surface area (Å²) in [5.74, 6) is 2.06. The van der Waals surface area contributed by atoms with Crippen molar-refractivity contribution in [2.24, 2.45) is 5.92 Å². The van der Waals surface area contributed by atoms with Crippen LogP contribution >= 0.6 is 11.3 Å². The highest BCUT2D eigenvalue weighted by Crippen LogP contribution is 2.34. The first-order chi connectivity index (χ1) is 15.4. The van der Waals surface area contributed by atoms with Gasteiger partial charge in [-0.05, 0) is 60.0 Å². The minimum Gasteiger partial charge on any atom is -0.497 e. The molecular weight excluding hydrogens is 424 g/mol. The SMILES string of the molecule is CCC(O)CN(CC(=O)N1CCc2sccc2C1COc1ccc(OC)cc1)CC(C)C. The molecule has 0 saturated heterocycles. The number of aliphatic hydroxyl groups excluding tert-OH is 1. The number of carbonyl (C=O) groups is 1. The number of fused-ring (bicyclic) bond motifs is 1. The molecule has 176 valence electrons. The van der Waals surface area contributed by atoms with Crippen molar-refractivity contribution < 1.29 is 19.4 Å². The number of benzene rings is 1. The molecule has 2 unspecified atom stereocenters. The molecule has 0 spiro atoms. The summed E-state index contributed by atoms with van der Waals surface area (Å²) in [5.41, 5.74) is 1.19. The van der Waals surface area contributed by atoms with E-state index in [1.54, 1.807) is 18.4 Å². The van der Waals surface area contributed by atoms with Crippen LogP contribution < -0.4 is 9.47 Å². The van der Waals surface area contributed by atoms with Gasteiger partial charge in [-0.2, -0.15) is 0 Å². The largest absolute Gasteiger partial charge is 0.497 e. The predicted molar refractivity (Wildman–Crippen MR) is 129 cm³/mol. The molecular formula is C25H36N2O4S. The number of ether oxygens (including phenoxy) is 2. The number of carbonyl (C=O) groups excluding carboxylic acids is 1. The Hall–Kier alpha value is -2.09. The molecule has 1 aliphatic rings. The molecule has 1 aromatic carbocycles. The van der Waals surface area contributed by atoms with Gasteiger partial charge < -0.3 is 19.5 Å². The summed E-state index contributed by atoms with van der Waals surface area (Å²) in [5, 5.41) is 12.3. The zero-order chi connectivity index (χ0) is 23.1. The summed E-state index contributed by atoms with van der Waals surface area (Å²) in [6.45, 7) is 8.96. The van der Waals surface area contributed by atoms with E-state index in [0.29, 0.717) is 38.6 Å². The lowest BCUT2D eigenvalue weighted by atomic mass is 10.00. The number of hydrogen-bond donors (Lipinski definition) is 1. The van der Waals surface area contributed by atoms with Crippen molar-refractivity contribution in [3.63, 3.8) is 0 Å². The van der Waals surface area contributed by atoms with Crippen LogP contribution in [0.5, 0.6) is 11.5 Å². The topological polar surface area (TPSA) is 62.2 Å². The zero-order valence-electron chi connectivity index (χ0n) is 19.6. The summed E-state index contributed by atoms with van der Waals surface area (Å²) in [7, 11) is 1.64. The second-order valence-electron chi connectivity index (χ2n) is 8.79. The van der Waals surface area contributed by atoms with E-state index in [1.165, 1.54) is 10.4 Å². The summed E-state index contributed by atoms with van der Waals surface area (Å²) in [6, 6.07) is 9.53. The number of rotatable bonds is 11. The molecule has 0 aliphatic carbocycles. The normalized spacial score (nSPS) is 16.8. The third-order valence-electron chi connectivity index (χ3n) is 5.80. The molecule has 7 heteroatoms. The number of methoxy groups -OCH3 is 1. The molecule has 1 amide bonds. The summed E-state index contributed by atoms with van der Waals surface area (Å²) < 4.78 is 11.3. The van der Waals surface area contributed by atoms with E-state index in [-0.39, 0.29) is 11.9 Å². The van der Waals surface area contributed by atoms with Crippen LogP contribution in [-0.4, -0.2) is 66.8 Å². The van der Waals surface area contributed by atoms with E-state index < -0.39 is 6.10 Å². The maximum atomic E-state index is 13.4. The van der Waals surface area contributed by atoms with Crippen molar-refractivity contribution >= 4 is 17.2 Å². The van der Waals surface area contributed by atoms with Gasteiger partial charge in [0.05, 0.1) is 25.8 Å². The average Bonchev–Trinajstić information content (AvgIpc) is 3.26. The molecule has 1 N–H and O–H groups in total. The van der Waals surface area contributed by atoms with Gasteiger partial charge in [0.25, 0.3) is 0 Å². The molecule has 2 heterocycles. The second-order valence-corrected chi connectivity index (χ2v) is 9.79. The quantitative estimate of drug-likeness (QED) is 0.549. The van der Waals surface area contributed by atoms with Gasteiger partial charge in [0.1, 0.15) is 18.1 Å². The number of aliphatic hydroxyl groups is 1. The lowest BCUT2D eigenvalue weighted by molar-refractivity contribution is -0.136. The Kier molecular flexibility index (Phi) is 8.96. The van der Waals surface area contributed by atoms with Crippen molar-refractivity contribution in [2.45, 2.75) is 45.8 Å². The standard InChI is InChI=1S/C25H36N2O4S/c1-5-19(28)15-26(14-18(2)3)16-25(29)27-12-10-24-22(11-13-32-24)23(27)17-31-21-8-6-20(30-4)7-9-21/h6-9,11,13,18-19,23,28H,5,10,12,14-17H2,1-4H3. The molecule has 6 nitrogen and oxygen atoms in total. The number of hydrogen-bond acceptors (Lipinski definition) is 6. The van der Waals surface area contributed by atoms with E-state index in [4.69, 9.17) is 9.47 Å². The first kappa shape index (κ1) is 24.6. The summed E-state index contributed by atoms with van der Waals surface area (Å²) in [4.78, 5) is 18.8. The van der Waals surface area contributed by atoms with E-state index in [9.17, 15) is 9.90 Å². The van der Waals surface area contributed by atoms with Crippen LogP contribution in [0.2, 0.25) is 0 Å². The van der Waals surface area contributed by atoms with Gasteiger partial charge >= 0.3 is 0 Å². The van der Waals surface area contributed by atoms with E-state index in [0.717, 1.165) is 24.5 Å². The summed E-state index contributed by atoms with van der Waals surface area (Å²) in [6.07, 6.45) is 1.14. The minimum absolute atomic E-state index is 0.0918. The molecule has 1 aliphatic heterocycles. The lowest BCUT2D eigenvalue weighted by Gasteiger charge is -2.37. The Morgan fingerprint density at radius 2 is 1.94 bits per heavy atom. The highest BCUT2D eigenvalue weighted by Gasteiger charge is 2.33. The number of nitrogens with zero attached hydrogens (tertiary/aromatic N) is 2. The third-order valence-corrected chi connectivity index (χ3v) is 6.80. The number of amides is 1. The van der Waals surface area contributed by atoms with Gasteiger partial charge in [-0.25, -0.2) is 0 Å². The highest BCUT2D eigenvalue weighted by atomic mass is 32.1. The van der Waals surface area contributed by atoms with E-state index in [2.05, 4.69) is 30.2 Å². The van der Waals surface area contributed by atoms with Crippen LogP contribution in [0, 0.1) is 5.92 Å². The van der Waals surface area contributed by atoms with E-state index in [1.807, 2.05) is 36.1 Å². The molecule has 1 aromatic heterocycles. The molecule has 2 aromatic rings. The average molecular weight is 461 g/mol. The number of thiophene rings is 1. The van der Waals surface area contributed by atoms with Gasteiger partial charge in [0.2, 0.25) is 5.91 Å². The molecule has 0 radical (unpaired) electrons. The maximum Gasteiger partial charge on any atom is 0.237 e. The Morgan fingerprint density at radius 1 is 1.22 bits per heavy atom. The molecule has 3 rings (SSSR count). The monoisotopic (exact) mass is 460 g/mol. The Balaban J connectivity index is 1.72. The molecule has 32 heavy (non-hydrogen) atoms. The zero-order valence-corrected chi connectivity index (χ0v) is 20.4. The van der Waals surface area contributed by atoms with Crippen molar-refractivity contribution in [2.75, 3.05) is 39.9 Å². The predicted octanol–water partition coefficient (Wildman–Crippen LogP) is 3.99. The fourth-order valence-corrected chi connectivity index (χ4v) is 5.08. The van der Waals surface area contributed by atoms with Crippen LogP contribution in [0.25, 0.3) is 0 Å². The van der Waals surface area contributed by atoms with Crippen molar-refractivity contribution in [3.05, 3.63) is 46.2 Å². The van der Waals surface area contributed by atoms with E-state index >= 15 is 0 Å². The first-order valence-electron chi connectivity index (χ1n) is 11.4. The van der Waals surface area contributed by atoms with Crippen LogP contribution in [0.3, 0.4) is 0 Å². The van der Waals surface area contributed by atoms with Crippen LogP contribution in [0.1, 0.15) is 43.7 Å². The highest BCUT2D eigenvalue weighted by molar-refractivity contribution is 7.10. The van der Waals surface area contributed by atoms with Crippen molar-refractivity contribution in [1.29, 1.82) is 0 Å². The van der Waals surface area contributed by atoms with Gasteiger partial charge in [-0.3, -0.25) is 9.69 Å². The minimum atomic E-state index is -0.416. The molecule has 0 saturated carbocycles. The summed E-state index contributed by atoms with van der Waals surface area (Å²) >= 11 is 1.75. The fourth-order valence-electron chi connectivity index (χ4n) is 4.15. The Bertz CT molecular complexity index is 852. The lowest BCUT2D eigenvalue weighted by Crippen LogP contribution is -2.48. The van der Waals surface area contributed by atoms with Crippen molar-refractivity contribution in [3.8, 4) is 11.5 Å². The molecule has 2 atom stereocenters. The van der Waals surface area contributed by atoms with Crippen LogP contribution in [0.4, 0.5) is 0 Å². The Labute approximate surface area is 195 Å². The van der Waals surface area contributed by atoms with Gasteiger partial charge in [-0.15, -0.1) is 11.3 Å². The van der Waals surface area contributed by atoms with Gasteiger partial charge in [-0.1, -0.05) is 20.8 Å². The maximum absolute atomic E-state index is 13.4. The molecule has 0 fully saturated rings. The first-order valence-corrected chi connectivity index (χ1v) is 12.3. The smallest absolute Gasteiger partial charge is 0.237 e. The van der Waals surface area contributed by atoms with Crippen LogP contribution in [0.15, 0.2) is 35.7 Å². The van der Waals surface area contributed by atoms with Gasteiger partial charge in [0, 0.05) is 24.5 Å². The van der Waals surface area contributed by atoms with Crippen LogP contribution in [-0.2, 0) is 11.2 Å². The third kappa shape index (κ3) is 6.47. The van der Waals surface area contributed by atoms with Gasteiger partial charge in [0.15, 0.2) is 0 Å².